The van der Waals surface area contributed by atoms with Gasteiger partial charge in [0.1, 0.15) is 0 Å². The first-order valence-electron chi connectivity index (χ1n) is 6.97. The average molecular weight is 419 g/mol. The van der Waals surface area contributed by atoms with Crippen molar-refractivity contribution in [2.75, 3.05) is 0 Å². The fourth-order valence-corrected chi connectivity index (χ4v) is 866. The molecule has 0 nitrogen and oxygen atoms in total. The highest BCUT2D eigenvalue weighted by Gasteiger charge is 2.26. The van der Waals surface area contributed by atoms with Gasteiger partial charge >= 0.3 is 0 Å². The molecular formula is H26Si14. The monoisotopic (exact) mass is 418 g/mol. The average Bonchev–Trinajstić information content (AvgIpc) is 2.62. The van der Waals surface area contributed by atoms with Crippen LogP contribution in [0.15, 0.2) is 0 Å². The predicted molar refractivity (Wildman–Crippen MR) is 117 cm³/mol. The van der Waals surface area contributed by atoms with E-state index in [1.165, 1.54) is 0 Å². The van der Waals surface area contributed by atoms with Crippen molar-refractivity contribution in [3.05, 3.63) is 0 Å². The van der Waals surface area contributed by atoms with Crippen LogP contribution >= 0.6 is 0 Å². The molecule has 2 rings (SSSR count). The van der Waals surface area contributed by atoms with Gasteiger partial charge in [-0.05, 0) is 117 Å². The first kappa shape index (κ1) is 13.5. The van der Waals surface area contributed by atoms with Crippen molar-refractivity contribution in [1.82, 2.24) is 0 Å². The van der Waals surface area contributed by atoms with E-state index in [0.717, 1.165) is 103 Å². The first-order chi connectivity index (χ1) is 6.97. The lowest BCUT2D eigenvalue weighted by molar-refractivity contribution is 3.56. The summed E-state index contributed by atoms with van der Waals surface area (Å²) in [5.41, 5.74) is 0. The van der Waals surface area contributed by atoms with Gasteiger partial charge in [0, 0.05) is 0 Å². The number of hydrogen-bond donors (Lipinski definition) is 0. The standard InChI is InChI=1S/H26Si14/c1-2-6-10-13(9-5-1)14-11-7-3-4-8-12-14/h13-14H,1-12H2. The highest BCUT2D eigenvalue weighted by atomic mass is 30.4. The summed E-state index contributed by atoms with van der Waals surface area (Å²) in [6, 6.07) is 0. The maximum Gasteiger partial charge on any atom is -0.00647 e. The summed E-state index contributed by atoms with van der Waals surface area (Å²) >= 11 is 0. The van der Waals surface area contributed by atoms with E-state index in [9.17, 15) is 0 Å². The number of hydrogen-bond acceptors (Lipinski definition) is 0. The molecule has 2 heterocycles. The van der Waals surface area contributed by atoms with Gasteiger partial charge in [-0.2, -0.15) is 0 Å². The van der Waals surface area contributed by atoms with E-state index in [2.05, 4.69) is 0 Å². The zero-order chi connectivity index (χ0) is 9.64. The van der Waals surface area contributed by atoms with Crippen LogP contribution in [0.3, 0.4) is 0 Å². The largest absolute Gasteiger partial charge is 0.00934 e. The van der Waals surface area contributed by atoms with Crippen molar-refractivity contribution in [1.29, 1.82) is 0 Å². The fourth-order valence-electron chi connectivity index (χ4n) is 3.56. The summed E-state index contributed by atoms with van der Waals surface area (Å²) in [5.74, 6) is 0. The van der Waals surface area contributed by atoms with Gasteiger partial charge < -0.3 is 0 Å². The topological polar surface area (TPSA) is 0 Å². The molecule has 2 aliphatic rings. The van der Waals surface area contributed by atoms with Gasteiger partial charge in [0.05, 0.1) is 0 Å². The first-order valence-corrected chi connectivity index (χ1v) is 62.7. The van der Waals surface area contributed by atoms with Crippen molar-refractivity contribution in [2.45, 2.75) is 0 Å². The molecule has 0 amide bonds. The molecule has 2 aliphatic heterocycles. The van der Waals surface area contributed by atoms with Crippen molar-refractivity contribution < 1.29 is 0 Å². The van der Waals surface area contributed by atoms with E-state index in [4.69, 9.17) is 0 Å². The van der Waals surface area contributed by atoms with E-state index in [1.54, 1.807) is 0 Å². The van der Waals surface area contributed by atoms with Gasteiger partial charge in [-0.15, -0.1) is 0 Å². The maximum absolute atomic E-state index is 1.00. The second-order valence-electron chi connectivity index (χ2n) is 5.50. The van der Waals surface area contributed by atoms with Crippen LogP contribution < -0.4 is 0 Å². The molecule has 0 N–H and O–H groups in total. The predicted octanol–water partition coefficient (Wildman–Crippen LogP) is -12.3. The normalized spacial score (nSPS) is 56.6. The van der Waals surface area contributed by atoms with E-state index >= 15 is 0 Å². The van der Waals surface area contributed by atoms with E-state index in [0.29, 0.717) is 14.7 Å². The fraction of sp³-hybridized carbons (Fsp3) is 0. The lowest BCUT2D eigenvalue weighted by Crippen LogP contribution is -2.58. The molecule has 14 heavy (non-hydrogen) atoms. The Kier molecular flexibility index (Phi) is 7.88. The Labute approximate surface area is 116 Å². The summed E-state index contributed by atoms with van der Waals surface area (Å²) < 4.78 is 0. The molecule has 0 saturated carbocycles. The summed E-state index contributed by atoms with van der Waals surface area (Å²) in [5, 5.41) is 0. The van der Waals surface area contributed by atoms with Gasteiger partial charge in [0.2, 0.25) is 0 Å². The molecule has 2 saturated heterocycles. The molecule has 0 atom stereocenters. The Bertz CT molecular complexity index is 116. The molecule has 0 aliphatic carbocycles. The van der Waals surface area contributed by atoms with Crippen LogP contribution in [0.4, 0.5) is 0 Å². The van der Waals surface area contributed by atoms with Crippen LogP contribution in [-0.2, 0) is 0 Å². The third-order valence-corrected chi connectivity index (χ3v) is 362. The smallest absolute Gasteiger partial charge is 0.00647 e. The van der Waals surface area contributed by atoms with Crippen molar-refractivity contribution in [3.8, 4) is 0 Å². The van der Waals surface area contributed by atoms with Crippen molar-refractivity contribution in [2.24, 2.45) is 0 Å². The molecule has 0 unspecified atom stereocenters. The summed E-state index contributed by atoms with van der Waals surface area (Å²) in [4.78, 5) is 0. The van der Waals surface area contributed by atoms with Crippen LogP contribution in [0.5, 0.6) is 0 Å². The molecule has 2 fully saturated rings. The minimum Gasteiger partial charge on any atom is -0.00934 e. The van der Waals surface area contributed by atoms with Crippen LogP contribution in [0, 0.1) is 0 Å². The SMILES string of the molecule is [SiH2]1[SiH2][SiH2][SiH2][SiH]([SiH]2[SiH2][SiH2][SiH2][SiH2][SiH2][SiH2]2)[SiH2][SiH2]1. The molecule has 0 bridgehead atoms. The zero-order valence-corrected chi connectivity index (χ0v) is 28.9. The Morgan fingerprint density at radius 2 is 0.643 bits per heavy atom. The van der Waals surface area contributed by atoms with Gasteiger partial charge in [-0.1, -0.05) is 0 Å². The molecule has 82 valence electrons. The molecule has 0 aromatic heterocycles. The second-order valence-corrected chi connectivity index (χ2v) is 149. The summed E-state index contributed by atoms with van der Waals surface area (Å²) in [7, 11) is 12.9. The Hall–Kier alpha value is 3.04. The molecular weight excluding hydrogens is 393 g/mol. The van der Waals surface area contributed by atoms with Gasteiger partial charge in [0.15, 0.2) is 0 Å². The van der Waals surface area contributed by atoms with Crippen LogP contribution in [0.1, 0.15) is 0 Å². The molecule has 0 spiro atoms. The van der Waals surface area contributed by atoms with E-state index < -0.39 is 0 Å². The molecule has 0 aromatic carbocycles. The van der Waals surface area contributed by atoms with Gasteiger partial charge in [0.25, 0.3) is 0 Å². The second kappa shape index (κ2) is 8.19. The van der Waals surface area contributed by atoms with Crippen molar-refractivity contribution in [3.63, 3.8) is 0 Å². The van der Waals surface area contributed by atoms with Crippen LogP contribution in [0.2, 0.25) is 0 Å². The lowest BCUT2D eigenvalue weighted by Gasteiger charge is -2.21. The minimum atomic E-state index is 0.565. The van der Waals surface area contributed by atoms with E-state index in [1.807, 2.05) is 0 Å². The van der Waals surface area contributed by atoms with Crippen LogP contribution in [0.25, 0.3) is 0 Å². The highest BCUT2D eigenvalue weighted by molar-refractivity contribution is 8.03. The third-order valence-electron chi connectivity index (χ3n) is 4.47. The maximum atomic E-state index is 1.00. The highest BCUT2D eigenvalue weighted by Crippen LogP contribution is 1.89. The van der Waals surface area contributed by atoms with E-state index in [-0.39, 0.29) is 0 Å². The quantitative estimate of drug-likeness (QED) is 0.371. The van der Waals surface area contributed by atoms with Gasteiger partial charge in [-0.3, -0.25) is 0 Å². The Balaban J connectivity index is 1.83. The third kappa shape index (κ3) is 4.73. The summed E-state index contributed by atoms with van der Waals surface area (Å²) in [6.45, 7) is 0. The lowest BCUT2D eigenvalue weighted by atomic mass is 25.9. The Morgan fingerprint density at radius 3 is 0.929 bits per heavy atom. The molecule has 0 aromatic rings. The molecule has 0 radical (unpaired) electrons. The zero-order valence-electron chi connectivity index (χ0n) is 9.64. The van der Waals surface area contributed by atoms with Crippen LogP contribution in [-0.4, -0.2) is 117 Å². The Morgan fingerprint density at radius 1 is 0.357 bits per heavy atom. The van der Waals surface area contributed by atoms with Crippen molar-refractivity contribution >= 4 is 117 Å². The number of rotatable bonds is 1. The summed E-state index contributed by atoms with van der Waals surface area (Å²) in [6.07, 6.45) is 0. The molecule has 14 heteroatoms. The minimum absolute atomic E-state index is 0.565. The van der Waals surface area contributed by atoms with Gasteiger partial charge in [-0.25, -0.2) is 0 Å².